The molecule has 1 aromatic rings. The minimum Gasteiger partial charge on any atom is -0.383 e. The fraction of sp³-hybridized carbons (Fsp3) is 0.412. The summed E-state index contributed by atoms with van der Waals surface area (Å²) in [5.41, 5.74) is 0.863. The van der Waals surface area contributed by atoms with Crippen molar-refractivity contribution in [2.75, 3.05) is 47.1 Å². The van der Waals surface area contributed by atoms with Crippen LogP contribution in [0.5, 0.6) is 0 Å². The van der Waals surface area contributed by atoms with E-state index < -0.39 is 0 Å². The summed E-state index contributed by atoms with van der Waals surface area (Å²) in [7, 11) is 3.21. The molecule has 0 aliphatic carbocycles. The Bertz CT molecular complexity index is 617. The zero-order valence-electron chi connectivity index (χ0n) is 14.0. The van der Waals surface area contributed by atoms with Gasteiger partial charge in [-0.3, -0.25) is 14.5 Å². The molecule has 0 spiro atoms. The molecule has 24 heavy (non-hydrogen) atoms. The molecule has 2 amide bonds. The molecule has 0 unspecified atom stereocenters. The van der Waals surface area contributed by atoms with Gasteiger partial charge in [0.25, 0.3) is 11.8 Å². The van der Waals surface area contributed by atoms with Gasteiger partial charge in [-0.15, -0.1) is 17.9 Å². The van der Waals surface area contributed by atoms with E-state index in [4.69, 9.17) is 9.47 Å². The van der Waals surface area contributed by atoms with Gasteiger partial charge in [0.05, 0.1) is 18.8 Å². The monoisotopic (exact) mass is 350 g/mol. The van der Waals surface area contributed by atoms with Crippen LogP contribution < -0.4 is 0 Å². The van der Waals surface area contributed by atoms with Gasteiger partial charge in [0.1, 0.15) is 5.70 Å². The van der Waals surface area contributed by atoms with Crippen molar-refractivity contribution in [1.82, 2.24) is 9.80 Å². The largest absolute Gasteiger partial charge is 0.383 e. The maximum Gasteiger partial charge on any atom is 0.278 e. The van der Waals surface area contributed by atoms with Gasteiger partial charge in [-0.25, -0.2) is 0 Å². The van der Waals surface area contributed by atoms with Crippen molar-refractivity contribution in [1.29, 1.82) is 0 Å². The summed E-state index contributed by atoms with van der Waals surface area (Å²) in [4.78, 5) is 29.5. The molecule has 0 saturated carbocycles. The summed E-state index contributed by atoms with van der Waals surface area (Å²) in [6.07, 6.45) is 1.55. The summed E-state index contributed by atoms with van der Waals surface area (Å²) in [6.45, 7) is 5.74. The summed E-state index contributed by atoms with van der Waals surface area (Å²) < 4.78 is 10.3. The second-order valence-corrected chi connectivity index (χ2v) is 6.13. The molecule has 0 radical (unpaired) electrons. The maximum absolute atomic E-state index is 12.9. The summed E-state index contributed by atoms with van der Waals surface area (Å²) in [5, 5.41) is 1.89. The van der Waals surface area contributed by atoms with Crippen molar-refractivity contribution in [3.8, 4) is 0 Å². The molecule has 1 aliphatic rings. The molecule has 0 aromatic carbocycles. The first-order valence-electron chi connectivity index (χ1n) is 7.63. The van der Waals surface area contributed by atoms with Crippen molar-refractivity contribution in [3.05, 3.63) is 40.7 Å². The lowest BCUT2D eigenvalue weighted by Gasteiger charge is -2.25. The molecule has 0 saturated heterocycles. The standard InChI is InChI=1S/C17H22N2O4S/c1-4-7-19-16(20)14(13-6-5-12-24-13)15(17(19)21)18(8-10-22-2)9-11-23-3/h4-6,12H,1,7-11H2,2-3H3. The third-order valence-electron chi connectivity index (χ3n) is 3.67. The number of hydrogen-bond donors (Lipinski definition) is 0. The van der Waals surface area contributed by atoms with Gasteiger partial charge in [0.2, 0.25) is 0 Å². The van der Waals surface area contributed by atoms with Crippen molar-refractivity contribution in [3.63, 3.8) is 0 Å². The quantitative estimate of drug-likeness (QED) is 0.474. The van der Waals surface area contributed by atoms with E-state index in [1.165, 1.54) is 16.2 Å². The number of methoxy groups -OCH3 is 2. The van der Waals surface area contributed by atoms with Crippen LogP contribution >= 0.6 is 11.3 Å². The average molecular weight is 350 g/mol. The second-order valence-electron chi connectivity index (χ2n) is 5.18. The Balaban J connectivity index is 2.45. The highest BCUT2D eigenvalue weighted by molar-refractivity contribution is 7.11. The number of ether oxygens (including phenoxy) is 2. The predicted octanol–water partition coefficient (Wildman–Crippen LogP) is 1.61. The van der Waals surface area contributed by atoms with Crippen LogP contribution in [0.3, 0.4) is 0 Å². The third kappa shape index (κ3) is 3.75. The van der Waals surface area contributed by atoms with Gasteiger partial charge in [-0.05, 0) is 11.4 Å². The van der Waals surface area contributed by atoms with E-state index in [-0.39, 0.29) is 18.4 Å². The van der Waals surface area contributed by atoms with Crippen molar-refractivity contribution in [2.45, 2.75) is 0 Å². The molecule has 7 heteroatoms. The first-order valence-corrected chi connectivity index (χ1v) is 8.51. The summed E-state index contributed by atoms with van der Waals surface area (Å²) in [5.74, 6) is -0.576. The number of nitrogens with zero attached hydrogens (tertiary/aromatic N) is 2. The Hall–Kier alpha value is -1.96. The molecule has 2 rings (SSSR count). The topological polar surface area (TPSA) is 59.1 Å². The number of thiophene rings is 1. The van der Waals surface area contributed by atoms with E-state index in [2.05, 4.69) is 6.58 Å². The van der Waals surface area contributed by atoms with E-state index in [0.29, 0.717) is 37.6 Å². The lowest BCUT2D eigenvalue weighted by Crippen LogP contribution is -2.37. The lowest BCUT2D eigenvalue weighted by molar-refractivity contribution is -0.136. The fourth-order valence-electron chi connectivity index (χ4n) is 2.53. The van der Waals surface area contributed by atoms with Crippen LogP contribution in [0.15, 0.2) is 35.9 Å². The van der Waals surface area contributed by atoms with Crippen molar-refractivity contribution < 1.29 is 19.1 Å². The van der Waals surface area contributed by atoms with Gasteiger partial charge in [0, 0.05) is 38.7 Å². The molecular weight excluding hydrogens is 328 g/mol. The first-order chi connectivity index (χ1) is 11.7. The van der Waals surface area contributed by atoms with Crippen LogP contribution in [0, 0.1) is 0 Å². The third-order valence-corrected chi connectivity index (χ3v) is 4.56. The Kier molecular flexibility index (Phi) is 6.72. The Labute approximate surface area is 146 Å². The molecule has 0 N–H and O–H groups in total. The van der Waals surface area contributed by atoms with E-state index in [9.17, 15) is 9.59 Å². The molecular formula is C17H22N2O4S. The summed E-state index contributed by atoms with van der Waals surface area (Å²) in [6, 6.07) is 3.72. The minimum atomic E-state index is -0.296. The number of rotatable bonds is 10. The number of amides is 2. The van der Waals surface area contributed by atoms with E-state index >= 15 is 0 Å². The normalized spacial score (nSPS) is 14.7. The lowest BCUT2D eigenvalue weighted by atomic mass is 10.1. The molecule has 1 aliphatic heterocycles. The highest BCUT2D eigenvalue weighted by atomic mass is 32.1. The first kappa shape index (κ1) is 18.4. The SMILES string of the molecule is C=CCN1C(=O)C(c2cccs2)=C(N(CCOC)CCOC)C1=O. The van der Waals surface area contributed by atoms with Crippen LogP contribution in [-0.4, -0.2) is 68.7 Å². The zero-order valence-corrected chi connectivity index (χ0v) is 14.8. The Morgan fingerprint density at radius 3 is 2.38 bits per heavy atom. The average Bonchev–Trinajstić information content (AvgIpc) is 3.18. The van der Waals surface area contributed by atoms with Crippen LogP contribution in [0.4, 0.5) is 0 Å². The van der Waals surface area contributed by atoms with E-state index in [0.717, 1.165) is 4.88 Å². The molecule has 2 heterocycles. The molecule has 0 atom stereocenters. The Morgan fingerprint density at radius 2 is 1.88 bits per heavy atom. The van der Waals surface area contributed by atoms with Crippen LogP contribution in [0.2, 0.25) is 0 Å². The molecule has 6 nitrogen and oxygen atoms in total. The van der Waals surface area contributed by atoms with Crippen LogP contribution in [0.1, 0.15) is 4.88 Å². The smallest absolute Gasteiger partial charge is 0.278 e. The highest BCUT2D eigenvalue weighted by Crippen LogP contribution is 2.33. The second kappa shape index (κ2) is 8.77. The highest BCUT2D eigenvalue weighted by Gasteiger charge is 2.41. The zero-order chi connectivity index (χ0) is 17.5. The van der Waals surface area contributed by atoms with Crippen LogP contribution in [0.25, 0.3) is 5.57 Å². The maximum atomic E-state index is 12.9. The Morgan fingerprint density at radius 1 is 1.21 bits per heavy atom. The van der Waals surface area contributed by atoms with Gasteiger partial charge in [0.15, 0.2) is 0 Å². The number of carbonyl (C=O) groups is 2. The fourth-order valence-corrected chi connectivity index (χ4v) is 3.30. The predicted molar refractivity (Wildman–Crippen MR) is 93.5 cm³/mol. The van der Waals surface area contributed by atoms with Gasteiger partial charge < -0.3 is 14.4 Å². The molecule has 0 bridgehead atoms. The van der Waals surface area contributed by atoms with Gasteiger partial charge in [-0.1, -0.05) is 12.1 Å². The van der Waals surface area contributed by atoms with Crippen LogP contribution in [-0.2, 0) is 19.1 Å². The van der Waals surface area contributed by atoms with E-state index in [1.54, 1.807) is 20.3 Å². The molecule has 0 fully saturated rings. The molecule has 1 aromatic heterocycles. The van der Waals surface area contributed by atoms with Crippen molar-refractivity contribution >= 4 is 28.7 Å². The number of hydrogen-bond acceptors (Lipinski definition) is 6. The minimum absolute atomic E-state index is 0.193. The number of imide groups is 1. The van der Waals surface area contributed by atoms with Gasteiger partial charge >= 0.3 is 0 Å². The number of carbonyl (C=O) groups excluding carboxylic acids is 2. The molecule has 130 valence electrons. The summed E-state index contributed by atoms with van der Waals surface area (Å²) >= 11 is 1.44. The van der Waals surface area contributed by atoms with Crippen molar-refractivity contribution in [2.24, 2.45) is 0 Å². The van der Waals surface area contributed by atoms with Gasteiger partial charge in [-0.2, -0.15) is 0 Å². The van der Waals surface area contributed by atoms with E-state index in [1.807, 2.05) is 22.4 Å².